The summed E-state index contributed by atoms with van der Waals surface area (Å²) < 4.78 is 20.7. The zero-order valence-electron chi connectivity index (χ0n) is 18.4. The highest BCUT2D eigenvalue weighted by molar-refractivity contribution is 7.99. The minimum Gasteiger partial charge on any atom is -0.487 e. The number of nitro groups is 1. The van der Waals surface area contributed by atoms with Crippen molar-refractivity contribution in [3.8, 4) is 11.4 Å². The smallest absolute Gasteiger partial charge is 0.220 e. The van der Waals surface area contributed by atoms with Crippen LogP contribution in [0.15, 0.2) is 71.9 Å². The van der Waals surface area contributed by atoms with Crippen LogP contribution in [0.5, 0.6) is 5.75 Å². The molecule has 0 N–H and O–H groups in total. The van der Waals surface area contributed by atoms with E-state index in [0.29, 0.717) is 32.3 Å². The summed E-state index contributed by atoms with van der Waals surface area (Å²) in [6.45, 7) is 1.66. The van der Waals surface area contributed by atoms with Gasteiger partial charge in [0.1, 0.15) is 29.2 Å². The highest BCUT2D eigenvalue weighted by Gasteiger charge is 2.24. The molecule has 0 saturated carbocycles. The van der Waals surface area contributed by atoms with Gasteiger partial charge in [0, 0.05) is 15.6 Å². The Morgan fingerprint density at radius 2 is 1.80 bits per heavy atom. The van der Waals surface area contributed by atoms with Gasteiger partial charge in [-0.05, 0) is 66.6 Å². The van der Waals surface area contributed by atoms with E-state index < -0.39 is 5.25 Å². The molecule has 0 radical (unpaired) electrons. The molecule has 180 valence electrons. The zero-order chi connectivity index (χ0) is 24.9. The van der Waals surface area contributed by atoms with Crippen LogP contribution in [0.25, 0.3) is 5.69 Å². The maximum atomic E-state index is 13.1. The summed E-state index contributed by atoms with van der Waals surface area (Å²) in [5.41, 5.74) is 2.22. The number of thioether (sulfide) groups is 1. The topological polar surface area (TPSA) is 83.1 Å². The third-order valence-corrected chi connectivity index (χ3v) is 6.81. The third-order valence-electron chi connectivity index (χ3n) is 5.08. The van der Waals surface area contributed by atoms with Crippen LogP contribution >= 0.6 is 35.0 Å². The number of aryl methyl sites for hydroxylation is 1. The van der Waals surface area contributed by atoms with Crippen molar-refractivity contribution in [1.82, 2.24) is 14.8 Å². The van der Waals surface area contributed by atoms with E-state index in [9.17, 15) is 14.5 Å². The number of aromatic nitrogens is 3. The maximum absolute atomic E-state index is 13.1. The molecule has 0 aliphatic carbocycles. The molecule has 1 atom stereocenters. The van der Waals surface area contributed by atoms with Gasteiger partial charge >= 0.3 is 0 Å². The van der Waals surface area contributed by atoms with Crippen LogP contribution in [-0.2, 0) is 6.61 Å². The fourth-order valence-corrected chi connectivity index (χ4v) is 4.89. The molecule has 0 aliphatic heterocycles. The molecule has 11 heteroatoms. The van der Waals surface area contributed by atoms with Crippen molar-refractivity contribution in [2.45, 2.75) is 23.9 Å². The average molecular weight is 533 g/mol. The van der Waals surface area contributed by atoms with E-state index in [1.165, 1.54) is 23.9 Å². The Morgan fingerprint density at radius 1 is 1.09 bits per heavy atom. The normalized spacial score (nSPS) is 11.9. The van der Waals surface area contributed by atoms with Gasteiger partial charge in [-0.1, -0.05) is 53.2 Å². The number of benzene rings is 3. The second-order valence-corrected chi connectivity index (χ2v) is 9.58. The molecule has 0 spiro atoms. The minimum absolute atomic E-state index is 0.204. The number of rotatable bonds is 9. The Labute approximate surface area is 215 Å². The summed E-state index contributed by atoms with van der Waals surface area (Å²) in [6, 6.07) is 18.2. The van der Waals surface area contributed by atoms with E-state index >= 15 is 0 Å². The fraction of sp³-hybridized carbons (Fsp3) is 0.167. The molecule has 4 aromatic rings. The van der Waals surface area contributed by atoms with E-state index in [1.54, 1.807) is 49.4 Å². The van der Waals surface area contributed by atoms with Gasteiger partial charge in [0.05, 0.1) is 5.02 Å². The second-order valence-electron chi connectivity index (χ2n) is 7.57. The Bertz CT molecular complexity index is 1330. The molecule has 0 saturated heterocycles. The maximum Gasteiger partial charge on any atom is 0.220 e. The first kappa shape index (κ1) is 25.0. The Hall–Kier alpha value is -3.14. The van der Waals surface area contributed by atoms with Crippen molar-refractivity contribution in [2.24, 2.45) is 0 Å². The quantitative estimate of drug-likeness (QED) is 0.135. The SMILES string of the molecule is Cc1nnc(S[C@@H](C[N+](=O)[O-])c2ccc(OCc3ccc(F)cc3)c(Cl)c2)n1-c1ccc(Cl)cc1. The van der Waals surface area contributed by atoms with E-state index in [0.717, 1.165) is 11.3 Å². The van der Waals surface area contributed by atoms with Crippen LogP contribution < -0.4 is 4.74 Å². The lowest BCUT2D eigenvalue weighted by Gasteiger charge is -2.16. The van der Waals surface area contributed by atoms with Gasteiger partial charge < -0.3 is 4.74 Å². The van der Waals surface area contributed by atoms with Gasteiger partial charge in [0.25, 0.3) is 0 Å². The second kappa shape index (κ2) is 11.1. The molecule has 0 fully saturated rings. The fourth-order valence-electron chi connectivity index (χ4n) is 3.36. The monoisotopic (exact) mass is 532 g/mol. The Balaban J connectivity index is 1.56. The first-order chi connectivity index (χ1) is 16.8. The molecule has 0 unspecified atom stereocenters. The van der Waals surface area contributed by atoms with Gasteiger partial charge in [-0.2, -0.15) is 0 Å². The predicted molar refractivity (Wildman–Crippen MR) is 134 cm³/mol. The molecule has 0 aliphatic rings. The van der Waals surface area contributed by atoms with Gasteiger partial charge in [0.2, 0.25) is 6.54 Å². The van der Waals surface area contributed by atoms with E-state index in [2.05, 4.69) is 10.2 Å². The summed E-state index contributed by atoms with van der Waals surface area (Å²) in [7, 11) is 0. The van der Waals surface area contributed by atoms with Crippen molar-refractivity contribution in [1.29, 1.82) is 0 Å². The summed E-state index contributed by atoms with van der Waals surface area (Å²) in [6.07, 6.45) is 0. The first-order valence-electron chi connectivity index (χ1n) is 10.4. The lowest BCUT2D eigenvalue weighted by Crippen LogP contribution is -2.11. The van der Waals surface area contributed by atoms with Gasteiger partial charge in [-0.3, -0.25) is 14.7 Å². The summed E-state index contributed by atoms with van der Waals surface area (Å²) in [5.74, 6) is 0.731. The Morgan fingerprint density at radius 3 is 2.46 bits per heavy atom. The van der Waals surface area contributed by atoms with Crippen LogP contribution in [0.2, 0.25) is 10.0 Å². The number of hydrogen-bond acceptors (Lipinski definition) is 6. The average Bonchev–Trinajstić information content (AvgIpc) is 3.19. The lowest BCUT2D eigenvalue weighted by atomic mass is 10.1. The standard InChI is InChI=1S/C24H19Cl2FN4O3S/c1-15-28-29-24(31(15)20-9-5-18(25)6-10-20)35-23(13-30(32)33)17-4-11-22(21(26)12-17)34-14-16-2-7-19(27)8-3-16/h2-12,23H,13-14H2,1H3/t23-/m0/s1. The summed E-state index contributed by atoms with van der Waals surface area (Å²) >= 11 is 13.7. The molecule has 1 heterocycles. The van der Waals surface area contributed by atoms with Crippen molar-refractivity contribution in [3.63, 3.8) is 0 Å². The van der Waals surface area contributed by atoms with Crippen LogP contribution in [0.4, 0.5) is 4.39 Å². The largest absolute Gasteiger partial charge is 0.487 e. The van der Waals surface area contributed by atoms with Gasteiger partial charge in [0.15, 0.2) is 5.16 Å². The molecule has 0 bridgehead atoms. The van der Waals surface area contributed by atoms with Crippen molar-refractivity contribution in [3.05, 3.63) is 110 Å². The summed E-state index contributed by atoms with van der Waals surface area (Å²) in [4.78, 5) is 11.1. The minimum atomic E-state index is -0.580. The molecular formula is C24H19Cl2FN4O3S. The predicted octanol–water partition coefficient (Wildman–Crippen LogP) is 6.71. The molecule has 0 amide bonds. The molecule has 1 aromatic heterocycles. The van der Waals surface area contributed by atoms with Crippen molar-refractivity contribution in [2.75, 3.05) is 6.54 Å². The number of halogens is 3. The van der Waals surface area contributed by atoms with Crippen molar-refractivity contribution < 1.29 is 14.1 Å². The Kier molecular flexibility index (Phi) is 7.90. The van der Waals surface area contributed by atoms with Crippen molar-refractivity contribution >= 4 is 35.0 Å². The molecule has 35 heavy (non-hydrogen) atoms. The van der Waals surface area contributed by atoms with Crippen LogP contribution in [0.1, 0.15) is 22.2 Å². The molecular weight excluding hydrogens is 514 g/mol. The molecule has 3 aromatic carbocycles. The third kappa shape index (κ3) is 6.30. The number of nitrogens with zero attached hydrogens (tertiary/aromatic N) is 4. The lowest BCUT2D eigenvalue weighted by molar-refractivity contribution is -0.479. The van der Waals surface area contributed by atoms with E-state index in [4.69, 9.17) is 27.9 Å². The van der Waals surface area contributed by atoms with E-state index in [1.807, 2.05) is 16.7 Å². The zero-order valence-corrected chi connectivity index (χ0v) is 20.7. The number of ether oxygens (including phenoxy) is 1. The first-order valence-corrected chi connectivity index (χ1v) is 12.1. The van der Waals surface area contributed by atoms with Crippen LogP contribution in [0.3, 0.4) is 0 Å². The van der Waals surface area contributed by atoms with Gasteiger partial charge in [-0.15, -0.1) is 10.2 Å². The summed E-state index contributed by atoms with van der Waals surface area (Å²) in [5, 5.41) is 20.7. The van der Waals surface area contributed by atoms with Crippen LogP contribution in [-0.4, -0.2) is 26.2 Å². The van der Waals surface area contributed by atoms with Crippen LogP contribution in [0, 0.1) is 22.9 Å². The van der Waals surface area contributed by atoms with E-state index in [-0.39, 0.29) is 23.9 Å². The molecule has 7 nitrogen and oxygen atoms in total. The highest BCUT2D eigenvalue weighted by Crippen LogP contribution is 2.38. The molecule has 4 rings (SSSR count). The number of hydrogen-bond donors (Lipinski definition) is 0. The van der Waals surface area contributed by atoms with Gasteiger partial charge in [-0.25, -0.2) is 4.39 Å². The highest BCUT2D eigenvalue weighted by atomic mass is 35.5.